The molecule has 0 aromatic carbocycles. The van der Waals surface area contributed by atoms with Crippen molar-refractivity contribution in [3.63, 3.8) is 0 Å². The fourth-order valence-corrected chi connectivity index (χ4v) is 0.577. The standard InChI is InChI=1S/C8H11NO2/c1-3-5-6(4-2)7(9)8(10)11/h3-5,7H,1-2,9H2,(H,10,11)/b6-5+. The van der Waals surface area contributed by atoms with Crippen LogP contribution >= 0.6 is 0 Å². The zero-order valence-corrected chi connectivity index (χ0v) is 6.16. The second-order valence-corrected chi connectivity index (χ2v) is 1.92. The van der Waals surface area contributed by atoms with Gasteiger partial charge in [0.15, 0.2) is 0 Å². The number of carboxylic acid groups (broad SMARTS) is 1. The van der Waals surface area contributed by atoms with E-state index >= 15 is 0 Å². The highest BCUT2D eigenvalue weighted by Gasteiger charge is 2.13. The van der Waals surface area contributed by atoms with Gasteiger partial charge in [0, 0.05) is 0 Å². The topological polar surface area (TPSA) is 63.3 Å². The van der Waals surface area contributed by atoms with Crippen molar-refractivity contribution in [3.05, 3.63) is 37.0 Å². The van der Waals surface area contributed by atoms with Crippen molar-refractivity contribution >= 4 is 5.97 Å². The minimum absolute atomic E-state index is 0.451. The Hall–Kier alpha value is -1.35. The molecular weight excluding hydrogens is 142 g/mol. The number of hydrogen-bond acceptors (Lipinski definition) is 2. The van der Waals surface area contributed by atoms with Crippen LogP contribution in [0.15, 0.2) is 37.0 Å². The summed E-state index contributed by atoms with van der Waals surface area (Å²) in [5.74, 6) is -1.07. The van der Waals surface area contributed by atoms with Crippen molar-refractivity contribution < 1.29 is 9.90 Å². The summed E-state index contributed by atoms with van der Waals surface area (Å²) < 4.78 is 0. The second-order valence-electron chi connectivity index (χ2n) is 1.92. The lowest BCUT2D eigenvalue weighted by molar-refractivity contribution is -0.137. The van der Waals surface area contributed by atoms with Crippen molar-refractivity contribution in [2.45, 2.75) is 6.04 Å². The summed E-state index contributed by atoms with van der Waals surface area (Å²) in [7, 11) is 0. The smallest absolute Gasteiger partial charge is 0.325 e. The highest BCUT2D eigenvalue weighted by molar-refractivity contribution is 5.78. The van der Waals surface area contributed by atoms with Crippen LogP contribution in [0.25, 0.3) is 0 Å². The molecule has 0 saturated carbocycles. The van der Waals surface area contributed by atoms with E-state index in [0.29, 0.717) is 5.57 Å². The molecule has 0 radical (unpaired) electrons. The van der Waals surface area contributed by atoms with Crippen LogP contribution in [0.4, 0.5) is 0 Å². The Labute approximate surface area is 65.5 Å². The van der Waals surface area contributed by atoms with Crippen LogP contribution < -0.4 is 5.73 Å². The molecule has 1 unspecified atom stereocenters. The van der Waals surface area contributed by atoms with E-state index < -0.39 is 12.0 Å². The molecule has 0 bridgehead atoms. The molecule has 0 aliphatic rings. The van der Waals surface area contributed by atoms with Gasteiger partial charge in [-0.05, 0) is 5.57 Å². The maximum atomic E-state index is 10.3. The van der Waals surface area contributed by atoms with Gasteiger partial charge in [-0.15, -0.1) is 0 Å². The first-order valence-corrected chi connectivity index (χ1v) is 3.07. The van der Waals surface area contributed by atoms with Crippen molar-refractivity contribution in [1.82, 2.24) is 0 Å². The molecule has 3 N–H and O–H groups in total. The Morgan fingerprint density at radius 2 is 2.09 bits per heavy atom. The van der Waals surface area contributed by atoms with E-state index in [1.54, 1.807) is 0 Å². The summed E-state index contributed by atoms with van der Waals surface area (Å²) in [5, 5.41) is 8.46. The van der Waals surface area contributed by atoms with Crippen LogP contribution in [0.1, 0.15) is 0 Å². The number of hydrogen-bond donors (Lipinski definition) is 2. The second kappa shape index (κ2) is 4.46. The average Bonchev–Trinajstić information content (AvgIpc) is 1.98. The third kappa shape index (κ3) is 2.82. The molecule has 0 fully saturated rings. The highest BCUT2D eigenvalue weighted by atomic mass is 16.4. The van der Waals surface area contributed by atoms with Gasteiger partial charge in [0.2, 0.25) is 0 Å². The van der Waals surface area contributed by atoms with Crippen LogP contribution in [0, 0.1) is 0 Å². The molecule has 3 heteroatoms. The first-order chi connectivity index (χ1) is 5.13. The van der Waals surface area contributed by atoms with Crippen molar-refractivity contribution in [2.24, 2.45) is 5.73 Å². The van der Waals surface area contributed by atoms with Crippen LogP contribution in [-0.4, -0.2) is 17.1 Å². The van der Waals surface area contributed by atoms with Gasteiger partial charge >= 0.3 is 5.97 Å². The predicted octanol–water partition coefficient (Wildman–Crippen LogP) is 0.697. The van der Waals surface area contributed by atoms with Crippen LogP contribution in [0.2, 0.25) is 0 Å². The SMILES string of the molecule is C=C/C=C(\C=C)C(N)C(=O)O. The molecule has 0 aromatic rings. The summed E-state index contributed by atoms with van der Waals surface area (Å²) in [6.45, 7) is 6.84. The minimum Gasteiger partial charge on any atom is -0.480 e. The minimum atomic E-state index is -1.07. The maximum Gasteiger partial charge on any atom is 0.325 e. The van der Waals surface area contributed by atoms with Crippen LogP contribution in [-0.2, 0) is 4.79 Å². The maximum absolute atomic E-state index is 10.3. The third-order valence-electron chi connectivity index (χ3n) is 1.17. The predicted molar refractivity (Wildman–Crippen MR) is 44.1 cm³/mol. The quantitative estimate of drug-likeness (QED) is 0.584. The number of carboxylic acids is 1. The van der Waals surface area contributed by atoms with E-state index in [1.807, 2.05) is 0 Å². The van der Waals surface area contributed by atoms with Gasteiger partial charge in [-0.25, -0.2) is 0 Å². The van der Waals surface area contributed by atoms with Gasteiger partial charge in [0.25, 0.3) is 0 Å². The van der Waals surface area contributed by atoms with Gasteiger partial charge in [-0.3, -0.25) is 4.79 Å². The molecule has 0 spiro atoms. The first kappa shape index (κ1) is 9.65. The molecule has 0 aromatic heterocycles. The molecular formula is C8H11NO2. The Morgan fingerprint density at radius 1 is 1.55 bits per heavy atom. The van der Waals surface area contributed by atoms with E-state index in [0.717, 1.165) is 0 Å². The normalized spacial score (nSPS) is 13.7. The summed E-state index contributed by atoms with van der Waals surface area (Å²) in [4.78, 5) is 10.3. The van der Waals surface area contributed by atoms with Gasteiger partial charge < -0.3 is 10.8 Å². The van der Waals surface area contributed by atoms with Crippen molar-refractivity contribution in [2.75, 3.05) is 0 Å². The zero-order chi connectivity index (χ0) is 8.85. The molecule has 0 heterocycles. The summed E-state index contributed by atoms with van der Waals surface area (Å²) >= 11 is 0. The van der Waals surface area contributed by atoms with E-state index in [9.17, 15) is 4.79 Å². The Kier molecular flexibility index (Phi) is 3.92. The zero-order valence-electron chi connectivity index (χ0n) is 6.16. The van der Waals surface area contributed by atoms with Gasteiger partial charge in [-0.1, -0.05) is 31.4 Å². The molecule has 0 saturated heterocycles. The Balaban J connectivity index is 4.50. The first-order valence-electron chi connectivity index (χ1n) is 3.07. The molecule has 11 heavy (non-hydrogen) atoms. The van der Waals surface area contributed by atoms with Gasteiger partial charge in [0.05, 0.1) is 0 Å². The fourth-order valence-electron chi connectivity index (χ4n) is 0.577. The molecule has 60 valence electrons. The number of carbonyl (C=O) groups is 1. The lowest BCUT2D eigenvalue weighted by Crippen LogP contribution is -2.31. The fraction of sp³-hybridized carbons (Fsp3) is 0.125. The Morgan fingerprint density at radius 3 is 2.36 bits per heavy atom. The van der Waals surface area contributed by atoms with Crippen LogP contribution in [0.3, 0.4) is 0 Å². The molecule has 0 aliphatic carbocycles. The van der Waals surface area contributed by atoms with E-state index in [4.69, 9.17) is 10.8 Å². The van der Waals surface area contributed by atoms with E-state index in [1.165, 1.54) is 18.2 Å². The van der Waals surface area contributed by atoms with Crippen molar-refractivity contribution in [1.29, 1.82) is 0 Å². The molecule has 3 nitrogen and oxygen atoms in total. The largest absolute Gasteiger partial charge is 0.480 e. The number of aliphatic carboxylic acids is 1. The van der Waals surface area contributed by atoms with Crippen molar-refractivity contribution in [3.8, 4) is 0 Å². The molecule has 0 rings (SSSR count). The molecule has 1 atom stereocenters. The third-order valence-corrected chi connectivity index (χ3v) is 1.17. The molecule has 0 amide bonds. The van der Waals surface area contributed by atoms with E-state index in [-0.39, 0.29) is 0 Å². The number of allylic oxidation sites excluding steroid dienone is 2. The molecule has 0 aliphatic heterocycles. The van der Waals surface area contributed by atoms with Gasteiger partial charge in [0.1, 0.15) is 6.04 Å². The summed E-state index contributed by atoms with van der Waals surface area (Å²) in [6.07, 6.45) is 4.39. The highest BCUT2D eigenvalue weighted by Crippen LogP contribution is 2.01. The number of nitrogens with two attached hydrogens (primary N) is 1. The monoisotopic (exact) mass is 153 g/mol. The number of rotatable bonds is 4. The lowest BCUT2D eigenvalue weighted by Gasteiger charge is -2.05. The summed E-state index contributed by atoms with van der Waals surface area (Å²) in [5.41, 5.74) is 5.72. The van der Waals surface area contributed by atoms with Gasteiger partial charge in [-0.2, -0.15) is 0 Å². The van der Waals surface area contributed by atoms with E-state index in [2.05, 4.69) is 13.2 Å². The van der Waals surface area contributed by atoms with Crippen LogP contribution in [0.5, 0.6) is 0 Å². The lowest BCUT2D eigenvalue weighted by atomic mass is 10.1. The Bertz CT molecular complexity index is 206. The average molecular weight is 153 g/mol. The summed E-state index contributed by atoms with van der Waals surface area (Å²) in [6, 6.07) is -1.01.